The molecule has 3 heteroatoms. The molecule has 2 nitrogen and oxygen atoms in total. The molecule has 0 aromatic heterocycles. The van der Waals surface area contributed by atoms with Crippen LogP contribution in [0.25, 0.3) is 5.57 Å². The van der Waals surface area contributed by atoms with Crippen LogP contribution in [0.1, 0.15) is 17.5 Å². The van der Waals surface area contributed by atoms with Gasteiger partial charge in [-0.05, 0) is 42.3 Å². The normalized spacial score (nSPS) is 19.9. The van der Waals surface area contributed by atoms with E-state index in [1.54, 1.807) is 0 Å². The molecular weight excluding hydrogens is 216 g/mol. The van der Waals surface area contributed by atoms with Gasteiger partial charge in [-0.1, -0.05) is 6.08 Å². The average Bonchev–Trinajstić information content (AvgIpc) is 2.40. The molecule has 2 N–H and O–H groups in total. The maximum Gasteiger partial charge on any atom is 0.0328 e. The van der Waals surface area contributed by atoms with Crippen molar-refractivity contribution < 1.29 is 0 Å². The lowest BCUT2D eigenvalue weighted by molar-refractivity contribution is 0.358. The minimum Gasteiger partial charge on any atom is -0.399 e. The lowest BCUT2D eigenvalue weighted by Gasteiger charge is -2.28. The maximum atomic E-state index is 5.97. The Morgan fingerprint density at radius 3 is 3.06 bits per heavy atom. The highest BCUT2D eigenvalue weighted by molar-refractivity contribution is 7.99. The maximum absolute atomic E-state index is 5.97. The van der Waals surface area contributed by atoms with Crippen molar-refractivity contribution >= 4 is 23.0 Å². The molecule has 0 saturated carbocycles. The first-order valence-electron chi connectivity index (χ1n) is 5.67. The van der Waals surface area contributed by atoms with Crippen molar-refractivity contribution in [1.82, 2.24) is 4.90 Å². The first kappa shape index (κ1) is 10.2. The van der Waals surface area contributed by atoms with Gasteiger partial charge >= 0.3 is 0 Å². The number of allylic oxidation sites excluding steroid dienone is 1. The van der Waals surface area contributed by atoms with Gasteiger partial charge in [-0.3, -0.25) is 4.90 Å². The van der Waals surface area contributed by atoms with Crippen LogP contribution in [0.2, 0.25) is 0 Å². The number of hydrogen-bond donors (Lipinski definition) is 1. The van der Waals surface area contributed by atoms with Gasteiger partial charge in [0.15, 0.2) is 0 Å². The zero-order chi connectivity index (χ0) is 11.1. The number of nitrogens with two attached hydrogens (primary N) is 1. The minimum absolute atomic E-state index is 0.901. The van der Waals surface area contributed by atoms with E-state index in [0.29, 0.717) is 0 Å². The van der Waals surface area contributed by atoms with Crippen LogP contribution in [0.15, 0.2) is 23.1 Å². The summed E-state index contributed by atoms with van der Waals surface area (Å²) in [5.41, 5.74) is 11.2. The number of anilines is 1. The topological polar surface area (TPSA) is 29.3 Å². The zero-order valence-corrected chi connectivity index (χ0v) is 10.3. The van der Waals surface area contributed by atoms with Gasteiger partial charge in [0, 0.05) is 29.4 Å². The van der Waals surface area contributed by atoms with E-state index in [1.807, 2.05) is 11.8 Å². The summed E-state index contributed by atoms with van der Waals surface area (Å²) in [5, 5.41) is 0. The van der Waals surface area contributed by atoms with E-state index in [1.165, 1.54) is 33.8 Å². The van der Waals surface area contributed by atoms with Crippen molar-refractivity contribution in [3.05, 3.63) is 29.3 Å². The van der Waals surface area contributed by atoms with E-state index in [0.717, 1.165) is 18.8 Å². The molecule has 0 amide bonds. The van der Waals surface area contributed by atoms with Gasteiger partial charge in [0.2, 0.25) is 0 Å². The van der Waals surface area contributed by atoms with Crippen LogP contribution in [0.5, 0.6) is 0 Å². The Bertz CT molecular complexity index is 465. The molecule has 2 aliphatic heterocycles. The summed E-state index contributed by atoms with van der Waals surface area (Å²) >= 11 is 1.94. The smallest absolute Gasteiger partial charge is 0.0328 e. The lowest BCUT2D eigenvalue weighted by Crippen LogP contribution is -2.26. The van der Waals surface area contributed by atoms with Gasteiger partial charge in [0.25, 0.3) is 0 Å². The Kier molecular flexibility index (Phi) is 2.45. The van der Waals surface area contributed by atoms with Crippen LogP contribution in [-0.4, -0.2) is 24.2 Å². The Morgan fingerprint density at radius 2 is 2.19 bits per heavy atom. The summed E-state index contributed by atoms with van der Waals surface area (Å²) in [6, 6.07) is 4.27. The molecule has 0 radical (unpaired) electrons. The second kappa shape index (κ2) is 3.82. The lowest BCUT2D eigenvalue weighted by atomic mass is 9.94. The number of nitrogens with zero attached hydrogens (tertiary/aromatic N) is 1. The molecule has 0 atom stereocenters. The fourth-order valence-corrected chi connectivity index (χ4v) is 3.67. The van der Waals surface area contributed by atoms with Crippen LogP contribution in [0.4, 0.5) is 5.69 Å². The van der Waals surface area contributed by atoms with E-state index >= 15 is 0 Å². The van der Waals surface area contributed by atoms with Crippen molar-refractivity contribution in [2.75, 3.05) is 25.1 Å². The molecule has 0 spiro atoms. The first-order valence-corrected chi connectivity index (χ1v) is 6.66. The SMILES string of the molecule is CN1CC2=CCCSc3cc(N)cc(c32)C1. The summed E-state index contributed by atoms with van der Waals surface area (Å²) in [6.45, 7) is 2.09. The Balaban J connectivity index is 2.22. The highest BCUT2D eigenvalue weighted by atomic mass is 32.2. The highest BCUT2D eigenvalue weighted by Gasteiger charge is 2.22. The van der Waals surface area contributed by atoms with Crippen molar-refractivity contribution in [2.24, 2.45) is 0 Å². The molecule has 0 bridgehead atoms. The van der Waals surface area contributed by atoms with E-state index in [2.05, 4.69) is 30.2 Å². The monoisotopic (exact) mass is 232 g/mol. The van der Waals surface area contributed by atoms with Crippen molar-refractivity contribution in [3.63, 3.8) is 0 Å². The number of thioether (sulfide) groups is 1. The van der Waals surface area contributed by atoms with E-state index in [9.17, 15) is 0 Å². The predicted molar refractivity (Wildman–Crippen MR) is 70.5 cm³/mol. The Morgan fingerprint density at radius 1 is 1.31 bits per heavy atom. The van der Waals surface area contributed by atoms with E-state index in [4.69, 9.17) is 5.73 Å². The minimum atomic E-state index is 0.901. The third-order valence-electron chi connectivity index (χ3n) is 3.17. The zero-order valence-electron chi connectivity index (χ0n) is 9.49. The van der Waals surface area contributed by atoms with Crippen molar-refractivity contribution in [1.29, 1.82) is 0 Å². The third kappa shape index (κ3) is 1.64. The number of likely N-dealkylation sites (N-methyl/N-ethyl adjacent to an activating group) is 1. The molecule has 16 heavy (non-hydrogen) atoms. The van der Waals surface area contributed by atoms with Crippen LogP contribution < -0.4 is 5.73 Å². The predicted octanol–water partition coefficient (Wildman–Crippen LogP) is 2.59. The number of benzene rings is 1. The molecule has 0 aliphatic carbocycles. The molecule has 1 aromatic carbocycles. The van der Waals surface area contributed by atoms with Gasteiger partial charge in [-0.25, -0.2) is 0 Å². The summed E-state index contributed by atoms with van der Waals surface area (Å²) in [5.74, 6) is 1.17. The quantitative estimate of drug-likeness (QED) is 0.697. The van der Waals surface area contributed by atoms with Crippen LogP contribution >= 0.6 is 11.8 Å². The van der Waals surface area contributed by atoms with Gasteiger partial charge in [0.1, 0.15) is 0 Å². The second-order valence-electron chi connectivity index (χ2n) is 4.59. The van der Waals surface area contributed by atoms with Crippen LogP contribution in [0.3, 0.4) is 0 Å². The first-order chi connectivity index (χ1) is 7.74. The molecule has 2 heterocycles. The molecule has 84 valence electrons. The summed E-state index contributed by atoms with van der Waals surface area (Å²) in [6.07, 6.45) is 3.57. The highest BCUT2D eigenvalue weighted by Crippen LogP contribution is 2.39. The van der Waals surface area contributed by atoms with Gasteiger partial charge < -0.3 is 5.73 Å². The summed E-state index contributed by atoms with van der Waals surface area (Å²) in [7, 11) is 2.17. The molecule has 2 aliphatic rings. The van der Waals surface area contributed by atoms with E-state index in [-0.39, 0.29) is 0 Å². The van der Waals surface area contributed by atoms with Gasteiger partial charge in [-0.2, -0.15) is 0 Å². The fraction of sp³-hybridized carbons (Fsp3) is 0.385. The molecule has 1 aromatic rings. The number of rotatable bonds is 0. The molecule has 3 rings (SSSR count). The summed E-state index contributed by atoms with van der Waals surface area (Å²) in [4.78, 5) is 3.74. The molecule has 0 unspecified atom stereocenters. The number of hydrogen-bond acceptors (Lipinski definition) is 3. The van der Waals surface area contributed by atoms with Gasteiger partial charge in [-0.15, -0.1) is 11.8 Å². The van der Waals surface area contributed by atoms with Crippen LogP contribution in [-0.2, 0) is 6.54 Å². The van der Waals surface area contributed by atoms with Crippen molar-refractivity contribution in [2.45, 2.75) is 17.9 Å². The van der Waals surface area contributed by atoms with Crippen molar-refractivity contribution in [3.8, 4) is 0 Å². The average molecular weight is 232 g/mol. The second-order valence-corrected chi connectivity index (χ2v) is 5.73. The van der Waals surface area contributed by atoms with E-state index < -0.39 is 0 Å². The van der Waals surface area contributed by atoms with Crippen LogP contribution in [0, 0.1) is 0 Å². The number of nitrogen functional groups attached to an aromatic ring is 1. The largest absolute Gasteiger partial charge is 0.399 e. The Labute approximate surface area is 101 Å². The standard InChI is InChI=1S/C13H16N2S/c1-15-7-9-3-2-4-16-12-6-11(14)5-10(8-15)13(9)12/h3,5-6H,2,4,7-8,14H2,1H3. The molecule has 0 saturated heterocycles. The van der Waals surface area contributed by atoms with Gasteiger partial charge in [0.05, 0.1) is 0 Å². The Hall–Kier alpha value is -0.930. The summed E-state index contributed by atoms with van der Waals surface area (Å²) < 4.78 is 0. The molecular formula is C13H16N2S. The fourth-order valence-electron chi connectivity index (χ4n) is 2.59. The third-order valence-corrected chi connectivity index (χ3v) is 4.25. The molecule has 0 fully saturated rings.